The summed E-state index contributed by atoms with van der Waals surface area (Å²) in [7, 11) is 0.736. The number of para-hydroxylation sites is 3. The standard InChI is InChI=1S/C20H18BN2O2/c24-21-25-19-13-7-12-18-20(19)23(17-10-5-2-6-11-17)15-14-22(18)16-8-3-1-4-9-16/h1-13,24H,14-15H2. The van der Waals surface area contributed by atoms with Gasteiger partial charge >= 0.3 is 7.69 Å². The van der Waals surface area contributed by atoms with Crippen LogP contribution in [0.3, 0.4) is 0 Å². The first-order valence-corrected chi connectivity index (χ1v) is 8.29. The fourth-order valence-electron chi connectivity index (χ4n) is 3.33. The number of hydrogen-bond acceptors (Lipinski definition) is 4. The average molecular weight is 329 g/mol. The first-order valence-electron chi connectivity index (χ1n) is 8.29. The van der Waals surface area contributed by atoms with Gasteiger partial charge in [0.15, 0.2) is 0 Å². The van der Waals surface area contributed by atoms with E-state index in [2.05, 4.69) is 40.1 Å². The lowest BCUT2D eigenvalue weighted by atomic mass is 10.1. The van der Waals surface area contributed by atoms with Gasteiger partial charge in [-0.1, -0.05) is 42.5 Å². The smallest absolute Gasteiger partial charge is 0.536 e. The summed E-state index contributed by atoms with van der Waals surface area (Å²) in [6.45, 7) is 1.68. The van der Waals surface area contributed by atoms with E-state index >= 15 is 0 Å². The summed E-state index contributed by atoms with van der Waals surface area (Å²) in [5.41, 5.74) is 4.25. The molecule has 1 N–H and O–H groups in total. The van der Waals surface area contributed by atoms with Crippen molar-refractivity contribution in [2.45, 2.75) is 0 Å². The lowest BCUT2D eigenvalue weighted by molar-refractivity contribution is 0.453. The van der Waals surface area contributed by atoms with Crippen LogP contribution in [0.2, 0.25) is 0 Å². The van der Waals surface area contributed by atoms with Gasteiger partial charge in [0.25, 0.3) is 0 Å². The molecule has 0 fully saturated rings. The van der Waals surface area contributed by atoms with Crippen LogP contribution in [0.1, 0.15) is 0 Å². The highest BCUT2D eigenvalue weighted by molar-refractivity contribution is 6.17. The predicted octanol–water partition coefficient (Wildman–Crippen LogP) is 3.88. The minimum atomic E-state index is 0.629. The van der Waals surface area contributed by atoms with Gasteiger partial charge < -0.3 is 19.5 Å². The van der Waals surface area contributed by atoms with Crippen molar-refractivity contribution >= 4 is 30.4 Å². The maximum atomic E-state index is 9.18. The van der Waals surface area contributed by atoms with Crippen molar-refractivity contribution < 1.29 is 9.68 Å². The Hall–Kier alpha value is -2.92. The minimum Gasteiger partial charge on any atom is -0.536 e. The van der Waals surface area contributed by atoms with E-state index in [1.807, 2.05) is 48.5 Å². The molecule has 0 saturated carbocycles. The second kappa shape index (κ2) is 6.91. The van der Waals surface area contributed by atoms with Crippen molar-refractivity contribution in [2.24, 2.45) is 0 Å². The molecule has 1 radical (unpaired) electrons. The van der Waals surface area contributed by atoms with Crippen molar-refractivity contribution in [2.75, 3.05) is 22.9 Å². The van der Waals surface area contributed by atoms with E-state index in [0.29, 0.717) is 5.75 Å². The molecule has 3 aromatic rings. The molecule has 1 aliphatic heterocycles. The van der Waals surface area contributed by atoms with Crippen LogP contribution in [0, 0.1) is 0 Å². The Balaban J connectivity index is 1.85. The van der Waals surface area contributed by atoms with E-state index in [4.69, 9.17) is 4.65 Å². The Morgan fingerprint density at radius 1 is 0.720 bits per heavy atom. The first kappa shape index (κ1) is 15.6. The highest BCUT2D eigenvalue weighted by Gasteiger charge is 2.27. The molecule has 1 aliphatic rings. The summed E-state index contributed by atoms with van der Waals surface area (Å²) in [4.78, 5) is 4.51. The summed E-state index contributed by atoms with van der Waals surface area (Å²) in [6.07, 6.45) is 0. The third-order valence-corrected chi connectivity index (χ3v) is 4.40. The van der Waals surface area contributed by atoms with Crippen molar-refractivity contribution in [1.29, 1.82) is 0 Å². The molecule has 0 saturated heterocycles. The highest BCUT2D eigenvalue weighted by atomic mass is 16.5. The van der Waals surface area contributed by atoms with Gasteiger partial charge in [-0.25, -0.2) is 0 Å². The van der Waals surface area contributed by atoms with E-state index in [9.17, 15) is 5.02 Å². The lowest BCUT2D eigenvalue weighted by Gasteiger charge is -2.39. The van der Waals surface area contributed by atoms with E-state index in [0.717, 1.165) is 43.5 Å². The summed E-state index contributed by atoms with van der Waals surface area (Å²) >= 11 is 0. The zero-order chi connectivity index (χ0) is 17.1. The third kappa shape index (κ3) is 2.94. The van der Waals surface area contributed by atoms with E-state index in [1.54, 1.807) is 0 Å². The molecule has 0 atom stereocenters. The van der Waals surface area contributed by atoms with Gasteiger partial charge in [0.2, 0.25) is 0 Å². The summed E-state index contributed by atoms with van der Waals surface area (Å²) < 4.78 is 5.40. The summed E-state index contributed by atoms with van der Waals surface area (Å²) in [5.74, 6) is 0.629. The van der Waals surface area contributed by atoms with Gasteiger partial charge in [-0.15, -0.1) is 0 Å². The summed E-state index contributed by atoms with van der Waals surface area (Å²) in [5, 5.41) is 9.18. The number of fused-ring (bicyclic) bond motifs is 1. The molecule has 4 nitrogen and oxygen atoms in total. The second-order valence-electron chi connectivity index (χ2n) is 5.82. The van der Waals surface area contributed by atoms with Gasteiger partial charge in [-0.2, -0.15) is 0 Å². The van der Waals surface area contributed by atoms with Gasteiger partial charge in [0.05, 0.1) is 5.69 Å². The van der Waals surface area contributed by atoms with Gasteiger partial charge in [0.1, 0.15) is 11.4 Å². The molecule has 0 unspecified atom stereocenters. The first-order chi connectivity index (χ1) is 12.4. The largest absolute Gasteiger partial charge is 0.569 e. The van der Waals surface area contributed by atoms with Crippen molar-refractivity contribution in [3.8, 4) is 5.75 Å². The highest BCUT2D eigenvalue weighted by Crippen LogP contribution is 2.46. The molecular formula is C20H18BN2O2. The van der Waals surface area contributed by atoms with Crippen LogP contribution in [0.15, 0.2) is 78.9 Å². The molecular weight excluding hydrogens is 311 g/mol. The van der Waals surface area contributed by atoms with E-state index in [1.165, 1.54) is 0 Å². The number of rotatable bonds is 4. The Morgan fingerprint density at radius 3 is 1.96 bits per heavy atom. The molecule has 3 aromatic carbocycles. The molecule has 0 bridgehead atoms. The van der Waals surface area contributed by atoms with Gasteiger partial charge in [-0.3, -0.25) is 0 Å². The SMILES string of the molecule is O[B]Oc1cccc2c1N(c1ccccc1)CCN2c1ccccc1. The zero-order valence-corrected chi connectivity index (χ0v) is 13.7. The van der Waals surface area contributed by atoms with E-state index in [-0.39, 0.29) is 0 Å². The Bertz CT molecular complexity index is 843. The van der Waals surface area contributed by atoms with Crippen molar-refractivity contribution in [1.82, 2.24) is 0 Å². The number of nitrogens with zero attached hydrogens (tertiary/aromatic N) is 2. The Kier molecular flexibility index (Phi) is 4.31. The molecule has 0 aromatic heterocycles. The monoisotopic (exact) mass is 329 g/mol. The van der Waals surface area contributed by atoms with Crippen molar-refractivity contribution in [3.63, 3.8) is 0 Å². The van der Waals surface area contributed by atoms with E-state index < -0.39 is 0 Å². The molecule has 123 valence electrons. The zero-order valence-electron chi connectivity index (χ0n) is 13.7. The minimum absolute atomic E-state index is 0.629. The number of benzene rings is 3. The maximum absolute atomic E-state index is 9.18. The molecule has 0 amide bonds. The molecule has 5 heteroatoms. The fourth-order valence-corrected chi connectivity index (χ4v) is 3.33. The van der Waals surface area contributed by atoms with Crippen LogP contribution in [-0.2, 0) is 0 Å². The normalized spacial score (nSPS) is 13.3. The Morgan fingerprint density at radius 2 is 1.32 bits per heavy atom. The summed E-state index contributed by atoms with van der Waals surface area (Å²) in [6, 6.07) is 26.4. The topological polar surface area (TPSA) is 35.9 Å². The van der Waals surface area contributed by atoms with Crippen molar-refractivity contribution in [3.05, 3.63) is 78.9 Å². The third-order valence-electron chi connectivity index (χ3n) is 4.40. The molecule has 1 heterocycles. The maximum Gasteiger partial charge on any atom is 0.569 e. The number of anilines is 4. The Labute approximate surface area is 148 Å². The molecule has 25 heavy (non-hydrogen) atoms. The molecule has 4 rings (SSSR count). The van der Waals surface area contributed by atoms with Crippen LogP contribution in [0.5, 0.6) is 5.75 Å². The fraction of sp³-hybridized carbons (Fsp3) is 0.100. The molecule has 0 aliphatic carbocycles. The average Bonchev–Trinajstić information content (AvgIpc) is 2.69. The van der Waals surface area contributed by atoms with Gasteiger partial charge in [-0.05, 0) is 36.4 Å². The van der Waals surface area contributed by atoms with Crippen LogP contribution in [0.4, 0.5) is 22.7 Å². The quantitative estimate of drug-likeness (QED) is 0.737. The van der Waals surface area contributed by atoms with Crippen LogP contribution in [0.25, 0.3) is 0 Å². The van der Waals surface area contributed by atoms with Crippen LogP contribution >= 0.6 is 0 Å². The van der Waals surface area contributed by atoms with Gasteiger partial charge in [0, 0.05) is 24.5 Å². The lowest BCUT2D eigenvalue weighted by Crippen LogP contribution is -2.36. The second-order valence-corrected chi connectivity index (χ2v) is 5.82. The van der Waals surface area contributed by atoms with Crippen LogP contribution in [-0.4, -0.2) is 25.8 Å². The predicted molar refractivity (Wildman–Crippen MR) is 102 cm³/mol. The number of hydrogen-bond donors (Lipinski definition) is 1. The van der Waals surface area contributed by atoms with Crippen LogP contribution < -0.4 is 14.5 Å². The molecule has 0 spiro atoms.